The van der Waals surface area contributed by atoms with Crippen molar-refractivity contribution < 1.29 is 19.4 Å². The first kappa shape index (κ1) is 12.5. The number of carboxylic acid groups (broad SMARTS) is 1. The van der Waals surface area contributed by atoms with Crippen molar-refractivity contribution in [2.45, 2.75) is 13.3 Å². The monoisotopic (exact) mass is 270 g/mol. The molecule has 3 rings (SSSR count). The summed E-state index contributed by atoms with van der Waals surface area (Å²) in [5, 5.41) is 9.28. The zero-order valence-corrected chi connectivity index (χ0v) is 11.1. The van der Waals surface area contributed by atoms with Crippen molar-refractivity contribution in [2.24, 2.45) is 0 Å². The van der Waals surface area contributed by atoms with E-state index in [2.05, 4.69) is 0 Å². The molecular formula is C16H14O4. The van der Waals surface area contributed by atoms with Gasteiger partial charge in [0.1, 0.15) is 11.3 Å². The number of aromatic carboxylic acids is 1. The highest BCUT2D eigenvalue weighted by Crippen LogP contribution is 2.57. The smallest absolute Gasteiger partial charge is 0.343 e. The summed E-state index contributed by atoms with van der Waals surface area (Å²) in [4.78, 5) is 11.3. The summed E-state index contributed by atoms with van der Waals surface area (Å²) < 4.78 is 10.9. The van der Waals surface area contributed by atoms with Crippen LogP contribution < -0.4 is 9.47 Å². The summed E-state index contributed by atoms with van der Waals surface area (Å²) in [7, 11) is 0. The number of fused-ring (bicyclic) bond motifs is 1. The molecule has 0 spiro atoms. The van der Waals surface area contributed by atoms with Crippen LogP contribution in [0.3, 0.4) is 0 Å². The zero-order chi connectivity index (χ0) is 14.1. The molecule has 0 saturated heterocycles. The topological polar surface area (TPSA) is 59.1 Å². The molecule has 0 atom stereocenters. The van der Waals surface area contributed by atoms with E-state index < -0.39 is 5.97 Å². The van der Waals surface area contributed by atoms with Gasteiger partial charge in [-0.2, -0.15) is 0 Å². The summed E-state index contributed by atoms with van der Waals surface area (Å²) in [5.74, 6) is 0.404. The first-order chi connectivity index (χ1) is 9.72. The van der Waals surface area contributed by atoms with Crippen molar-refractivity contribution in [3.8, 4) is 28.4 Å². The Balaban J connectivity index is 2.09. The summed E-state index contributed by atoms with van der Waals surface area (Å²) in [6.45, 7) is 2.46. The fourth-order valence-corrected chi connectivity index (χ4v) is 2.16. The van der Waals surface area contributed by atoms with E-state index in [1.165, 1.54) is 0 Å². The minimum atomic E-state index is -1.02. The predicted octanol–water partition coefficient (Wildman–Crippen LogP) is 3.95. The van der Waals surface area contributed by atoms with E-state index in [1.807, 2.05) is 37.3 Å². The molecule has 1 aliphatic heterocycles. The van der Waals surface area contributed by atoms with Gasteiger partial charge in [0.05, 0.1) is 6.61 Å². The van der Waals surface area contributed by atoms with Crippen LogP contribution in [0.15, 0.2) is 36.4 Å². The average Bonchev–Trinajstić information content (AvgIpc) is 3.24. The molecule has 0 aliphatic carbocycles. The lowest BCUT2D eigenvalue weighted by atomic mass is 10.0. The van der Waals surface area contributed by atoms with Crippen molar-refractivity contribution in [1.29, 1.82) is 0 Å². The van der Waals surface area contributed by atoms with Gasteiger partial charge >= 0.3 is 5.97 Å². The fraction of sp³-hybridized carbons (Fsp3) is 0.188. The molecule has 4 nitrogen and oxygen atoms in total. The van der Waals surface area contributed by atoms with Gasteiger partial charge in [0, 0.05) is 5.56 Å². The molecule has 0 bridgehead atoms. The molecular weight excluding hydrogens is 256 g/mol. The molecule has 102 valence electrons. The van der Waals surface area contributed by atoms with Gasteiger partial charge in [0.25, 0.3) is 0 Å². The van der Waals surface area contributed by atoms with Crippen molar-refractivity contribution in [1.82, 2.24) is 0 Å². The lowest BCUT2D eigenvalue weighted by Crippen LogP contribution is -2.02. The van der Waals surface area contributed by atoms with E-state index in [1.54, 1.807) is 6.07 Å². The Kier molecular flexibility index (Phi) is 3.06. The molecule has 20 heavy (non-hydrogen) atoms. The Morgan fingerprint density at radius 1 is 1.25 bits per heavy atom. The van der Waals surface area contributed by atoms with Crippen LogP contribution in [0.2, 0.25) is 0 Å². The number of rotatable bonds is 5. The van der Waals surface area contributed by atoms with Gasteiger partial charge < -0.3 is 14.6 Å². The molecule has 0 unspecified atom stereocenters. The van der Waals surface area contributed by atoms with E-state index in [0.717, 1.165) is 17.5 Å². The average molecular weight is 270 g/mol. The maximum Gasteiger partial charge on any atom is 0.343 e. The number of ether oxygens (including phenoxy) is 2. The van der Waals surface area contributed by atoms with Crippen LogP contribution >= 0.6 is 0 Å². The maximum atomic E-state index is 11.3. The fourth-order valence-electron chi connectivity index (χ4n) is 2.16. The number of carboxylic acids is 1. The van der Waals surface area contributed by atoms with Crippen LogP contribution in [0.1, 0.15) is 23.7 Å². The van der Waals surface area contributed by atoms with Crippen LogP contribution in [-0.2, 0) is 0 Å². The van der Waals surface area contributed by atoms with Gasteiger partial charge in [0.2, 0.25) is 0 Å². The largest absolute Gasteiger partial charge is 0.493 e. The Morgan fingerprint density at radius 2 is 2.00 bits per heavy atom. The van der Waals surface area contributed by atoms with Crippen molar-refractivity contribution in [3.05, 3.63) is 42.0 Å². The molecule has 4 heteroatoms. The summed E-state index contributed by atoms with van der Waals surface area (Å²) in [6, 6.07) is 11.5. The number of carbonyl (C=O) groups is 1. The maximum absolute atomic E-state index is 11.3. The molecule has 1 N–H and O–H groups in total. The van der Waals surface area contributed by atoms with E-state index in [4.69, 9.17) is 9.47 Å². The van der Waals surface area contributed by atoms with Gasteiger partial charge in [-0.15, -0.1) is 0 Å². The summed E-state index contributed by atoms with van der Waals surface area (Å²) in [5.41, 5.74) is 1.98. The molecule has 0 fully saturated rings. The predicted molar refractivity (Wildman–Crippen MR) is 74.7 cm³/mol. The van der Waals surface area contributed by atoms with Crippen molar-refractivity contribution in [2.75, 3.05) is 6.61 Å². The lowest BCUT2D eigenvalue weighted by Gasteiger charge is -2.08. The van der Waals surface area contributed by atoms with Crippen molar-refractivity contribution in [3.63, 3.8) is 0 Å². The molecule has 1 heterocycles. The van der Waals surface area contributed by atoms with Crippen LogP contribution in [0.5, 0.6) is 17.2 Å². The third-order valence-electron chi connectivity index (χ3n) is 3.12. The van der Waals surface area contributed by atoms with Gasteiger partial charge in [-0.3, -0.25) is 0 Å². The second-order valence-electron chi connectivity index (χ2n) is 4.58. The Bertz CT molecular complexity index is 662. The van der Waals surface area contributed by atoms with Crippen LogP contribution in [0.25, 0.3) is 11.1 Å². The highest BCUT2D eigenvalue weighted by atomic mass is 16.6. The van der Waals surface area contributed by atoms with E-state index >= 15 is 0 Å². The highest BCUT2D eigenvalue weighted by molar-refractivity contribution is 6.01. The molecule has 0 aromatic heterocycles. The van der Waals surface area contributed by atoms with Gasteiger partial charge in [-0.1, -0.05) is 37.3 Å². The zero-order valence-electron chi connectivity index (χ0n) is 11.1. The first-order valence-corrected chi connectivity index (χ1v) is 6.52. The van der Waals surface area contributed by atoms with Gasteiger partial charge in [-0.05, 0) is 18.1 Å². The Hall–Kier alpha value is -2.49. The Morgan fingerprint density at radius 3 is 2.65 bits per heavy atom. The normalized spacial score (nSPS) is 11.4. The summed E-state index contributed by atoms with van der Waals surface area (Å²) >= 11 is 0. The standard InChI is InChI=1S/C16H14O4/c1-2-8-19-12-9-11(10-6-4-3-5-7-10)14-15(20-14)13(12)16(17)18/h3-7,9H,2,8H2,1H3,(H,17,18). The van der Waals surface area contributed by atoms with Crippen LogP contribution in [0.4, 0.5) is 0 Å². The SMILES string of the molecule is CCCOc1cc(-c2ccccc2)c2c(c1C(=O)O)O2. The van der Waals surface area contributed by atoms with E-state index in [0.29, 0.717) is 23.9 Å². The Labute approximate surface area is 116 Å². The second kappa shape index (κ2) is 4.89. The van der Waals surface area contributed by atoms with Crippen LogP contribution in [-0.4, -0.2) is 17.7 Å². The second-order valence-corrected chi connectivity index (χ2v) is 4.58. The van der Waals surface area contributed by atoms with Gasteiger partial charge in [-0.25, -0.2) is 4.79 Å². The number of benzene rings is 2. The number of hydrogen-bond donors (Lipinski definition) is 1. The minimum absolute atomic E-state index is 0.119. The van der Waals surface area contributed by atoms with Crippen LogP contribution in [0, 0.1) is 0 Å². The van der Waals surface area contributed by atoms with Gasteiger partial charge in [0.15, 0.2) is 11.5 Å². The molecule has 0 radical (unpaired) electrons. The molecule has 0 amide bonds. The molecule has 2 aromatic rings. The lowest BCUT2D eigenvalue weighted by molar-refractivity contribution is 0.0692. The molecule has 1 aliphatic rings. The third-order valence-corrected chi connectivity index (χ3v) is 3.12. The first-order valence-electron chi connectivity index (χ1n) is 6.52. The highest BCUT2D eigenvalue weighted by Gasteiger charge is 2.36. The minimum Gasteiger partial charge on any atom is -0.493 e. The van der Waals surface area contributed by atoms with E-state index in [9.17, 15) is 9.90 Å². The molecule has 2 aromatic carbocycles. The van der Waals surface area contributed by atoms with Crippen molar-refractivity contribution >= 4 is 5.97 Å². The summed E-state index contributed by atoms with van der Waals surface area (Å²) in [6.07, 6.45) is 0.817. The third kappa shape index (κ3) is 2.09. The molecule has 0 saturated carbocycles. The number of hydrogen-bond acceptors (Lipinski definition) is 3. The quantitative estimate of drug-likeness (QED) is 0.713. The van der Waals surface area contributed by atoms with E-state index in [-0.39, 0.29) is 5.56 Å².